The Morgan fingerprint density at radius 2 is 2.29 bits per heavy atom. The Labute approximate surface area is 90.5 Å². The minimum Gasteiger partial charge on any atom is -0.480 e. The molecule has 5 nitrogen and oxygen atoms in total. The number of imidazole rings is 1. The molecule has 0 aromatic carbocycles. The average molecular weight is 262 g/mol. The molecule has 1 aromatic rings. The summed E-state index contributed by atoms with van der Waals surface area (Å²) in [6.45, 7) is 0. The molecule has 1 N–H and O–H groups in total. The summed E-state index contributed by atoms with van der Waals surface area (Å²) in [4.78, 5) is 16.7. The van der Waals surface area contributed by atoms with Crippen LogP contribution < -0.4 is 0 Å². The number of rotatable bonds is 3. The Morgan fingerprint density at radius 3 is 2.57 bits per heavy atom. The number of likely N-dealkylation sites (N-methyl/N-ethyl adjacent to an activating group) is 1. The molecule has 0 fully saturated rings. The lowest BCUT2D eigenvalue weighted by Gasteiger charge is -2.20. The molecule has 1 unspecified atom stereocenters. The first-order valence-corrected chi connectivity index (χ1v) is 4.80. The Kier molecular flexibility index (Phi) is 3.28. The van der Waals surface area contributed by atoms with Gasteiger partial charge in [0.15, 0.2) is 6.04 Å². The molecule has 1 atom stereocenters. The Balaban J connectivity index is 3.17. The van der Waals surface area contributed by atoms with Gasteiger partial charge < -0.3 is 9.67 Å². The predicted molar refractivity (Wildman–Crippen MR) is 55.0 cm³/mol. The molecule has 0 saturated heterocycles. The number of aliphatic carboxylic acids is 1. The highest BCUT2D eigenvalue weighted by Crippen LogP contribution is 2.24. The van der Waals surface area contributed by atoms with Gasteiger partial charge in [-0.3, -0.25) is 9.69 Å². The fourth-order valence-electron chi connectivity index (χ4n) is 1.30. The van der Waals surface area contributed by atoms with Crippen LogP contribution in [0.2, 0.25) is 0 Å². The van der Waals surface area contributed by atoms with Crippen molar-refractivity contribution in [2.45, 2.75) is 6.04 Å². The Morgan fingerprint density at radius 1 is 1.71 bits per heavy atom. The minimum atomic E-state index is -0.890. The largest absolute Gasteiger partial charge is 0.480 e. The molecule has 0 saturated carbocycles. The van der Waals surface area contributed by atoms with Gasteiger partial charge in [-0.1, -0.05) is 0 Å². The number of aromatic nitrogens is 2. The van der Waals surface area contributed by atoms with Gasteiger partial charge in [-0.15, -0.1) is 0 Å². The van der Waals surface area contributed by atoms with Crippen molar-refractivity contribution in [3.63, 3.8) is 0 Å². The van der Waals surface area contributed by atoms with E-state index in [1.165, 1.54) is 0 Å². The van der Waals surface area contributed by atoms with Gasteiger partial charge in [0.2, 0.25) is 0 Å². The van der Waals surface area contributed by atoms with E-state index in [0.717, 1.165) is 0 Å². The summed E-state index contributed by atoms with van der Waals surface area (Å²) in [5, 5.41) is 9.06. The first-order chi connectivity index (χ1) is 6.45. The summed E-state index contributed by atoms with van der Waals surface area (Å²) in [5.41, 5.74) is 0.641. The van der Waals surface area contributed by atoms with Crippen molar-refractivity contribution in [1.82, 2.24) is 14.5 Å². The topological polar surface area (TPSA) is 58.4 Å². The number of hydrogen-bond donors (Lipinski definition) is 1. The van der Waals surface area contributed by atoms with Crippen LogP contribution in [0.15, 0.2) is 10.9 Å². The van der Waals surface area contributed by atoms with E-state index in [0.29, 0.717) is 10.3 Å². The highest BCUT2D eigenvalue weighted by atomic mass is 79.9. The van der Waals surface area contributed by atoms with Gasteiger partial charge in [-0.2, -0.15) is 0 Å². The second kappa shape index (κ2) is 4.10. The monoisotopic (exact) mass is 261 g/mol. The second-order valence-corrected chi connectivity index (χ2v) is 3.99. The van der Waals surface area contributed by atoms with Crippen molar-refractivity contribution in [2.24, 2.45) is 7.05 Å². The molecule has 0 aliphatic carbocycles. The van der Waals surface area contributed by atoms with Gasteiger partial charge >= 0.3 is 5.97 Å². The van der Waals surface area contributed by atoms with Crippen molar-refractivity contribution in [3.05, 3.63) is 16.6 Å². The minimum absolute atomic E-state index is 0.570. The zero-order chi connectivity index (χ0) is 10.9. The van der Waals surface area contributed by atoms with E-state index in [1.807, 2.05) is 0 Å². The fourth-order valence-corrected chi connectivity index (χ4v) is 1.89. The summed E-state index contributed by atoms with van der Waals surface area (Å²) < 4.78 is 2.27. The molecule has 1 heterocycles. The summed E-state index contributed by atoms with van der Waals surface area (Å²) in [6.07, 6.45) is 1.58. The van der Waals surface area contributed by atoms with E-state index < -0.39 is 12.0 Å². The van der Waals surface area contributed by atoms with Crippen molar-refractivity contribution in [1.29, 1.82) is 0 Å². The van der Waals surface area contributed by atoms with Crippen LogP contribution >= 0.6 is 15.9 Å². The van der Waals surface area contributed by atoms with Crippen LogP contribution in [0.3, 0.4) is 0 Å². The molecular weight excluding hydrogens is 250 g/mol. The Bertz CT molecular complexity index is 329. The predicted octanol–water partition coefficient (Wildman–Crippen LogP) is 0.870. The van der Waals surface area contributed by atoms with Crippen molar-refractivity contribution in [2.75, 3.05) is 14.1 Å². The van der Waals surface area contributed by atoms with Gasteiger partial charge in [0.25, 0.3) is 0 Å². The zero-order valence-electron chi connectivity index (χ0n) is 8.23. The Hall–Kier alpha value is -0.880. The maximum atomic E-state index is 11.0. The number of hydrogen-bond acceptors (Lipinski definition) is 3. The summed E-state index contributed by atoms with van der Waals surface area (Å²) in [7, 11) is 5.21. The molecular formula is C8H12BrN3O2. The second-order valence-electron chi connectivity index (χ2n) is 3.24. The van der Waals surface area contributed by atoms with Gasteiger partial charge in [0.05, 0.1) is 12.0 Å². The number of nitrogens with zero attached hydrogens (tertiary/aromatic N) is 3. The van der Waals surface area contributed by atoms with Gasteiger partial charge in [-0.25, -0.2) is 4.98 Å². The number of carbonyl (C=O) groups is 1. The first-order valence-electron chi connectivity index (χ1n) is 4.01. The molecule has 1 aromatic heterocycles. The van der Waals surface area contributed by atoms with Crippen molar-refractivity contribution in [3.8, 4) is 0 Å². The molecule has 1 rings (SSSR count). The third-order valence-corrected chi connectivity index (χ3v) is 2.56. The van der Waals surface area contributed by atoms with Crippen LogP contribution in [-0.4, -0.2) is 39.6 Å². The van der Waals surface area contributed by atoms with Gasteiger partial charge in [-0.05, 0) is 30.0 Å². The summed E-state index contributed by atoms with van der Waals surface area (Å²) >= 11 is 3.23. The average Bonchev–Trinajstić information content (AvgIpc) is 2.34. The van der Waals surface area contributed by atoms with E-state index >= 15 is 0 Å². The molecule has 78 valence electrons. The number of aryl methyl sites for hydroxylation is 1. The molecule has 0 bridgehead atoms. The molecule has 0 aliphatic heterocycles. The molecule has 0 spiro atoms. The quantitative estimate of drug-likeness (QED) is 0.878. The van der Waals surface area contributed by atoms with Crippen LogP contribution in [0.5, 0.6) is 0 Å². The van der Waals surface area contributed by atoms with Crippen LogP contribution in [-0.2, 0) is 11.8 Å². The van der Waals surface area contributed by atoms with E-state index in [4.69, 9.17) is 5.11 Å². The van der Waals surface area contributed by atoms with Gasteiger partial charge in [0, 0.05) is 7.05 Å². The number of carboxylic acid groups (broad SMARTS) is 1. The van der Waals surface area contributed by atoms with Crippen LogP contribution in [0.4, 0.5) is 0 Å². The van der Waals surface area contributed by atoms with E-state index in [9.17, 15) is 4.79 Å². The smallest absolute Gasteiger partial charge is 0.327 e. The number of halogens is 1. The van der Waals surface area contributed by atoms with E-state index in [1.54, 1.807) is 36.9 Å². The van der Waals surface area contributed by atoms with Crippen molar-refractivity contribution >= 4 is 21.9 Å². The van der Waals surface area contributed by atoms with E-state index in [-0.39, 0.29) is 0 Å². The molecule has 14 heavy (non-hydrogen) atoms. The van der Waals surface area contributed by atoms with E-state index in [2.05, 4.69) is 20.9 Å². The standard InChI is InChI=1S/C8H12BrN3O2/c1-11(2)6(8(13)14)5-7(9)10-4-12(5)3/h4,6H,1-3H3,(H,13,14). The lowest BCUT2D eigenvalue weighted by atomic mass is 10.2. The zero-order valence-corrected chi connectivity index (χ0v) is 9.82. The molecule has 6 heteroatoms. The first kappa shape index (κ1) is 11.2. The van der Waals surface area contributed by atoms with Crippen LogP contribution in [0.1, 0.15) is 11.7 Å². The normalized spacial score (nSPS) is 13.2. The summed E-state index contributed by atoms with van der Waals surface area (Å²) in [6, 6.07) is -0.683. The third kappa shape index (κ3) is 1.96. The highest BCUT2D eigenvalue weighted by molar-refractivity contribution is 9.10. The lowest BCUT2D eigenvalue weighted by molar-refractivity contribution is -0.142. The lowest BCUT2D eigenvalue weighted by Crippen LogP contribution is -2.29. The molecule has 0 radical (unpaired) electrons. The highest BCUT2D eigenvalue weighted by Gasteiger charge is 2.27. The molecule has 0 amide bonds. The number of carboxylic acids is 1. The summed E-state index contributed by atoms with van der Waals surface area (Å²) in [5.74, 6) is -0.890. The maximum Gasteiger partial charge on any atom is 0.327 e. The molecule has 0 aliphatic rings. The fraction of sp³-hybridized carbons (Fsp3) is 0.500. The van der Waals surface area contributed by atoms with Crippen molar-refractivity contribution < 1.29 is 9.90 Å². The van der Waals surface area contributed by atoms with Gasteiger partial charge in [0.1, 0.15) is 4.60 Å². The maximum absolute atomic E-state index is 11.0. The van der Waals surface area contributed by atoms with Crippen LogP contribution in [0.25, 0.3) is 0 Å². The third-order valence-electron chi connectivity index (χ3n) is 1.94. The SMILES string of the molecule is CN(C)C(C(=O)O)c1c(Br)ncn1C. The van der Waals surface area contributed by atoms with Crippen LogP contribution in [0, 0.1) is 0 Å².